The summed E-state index contributed by atoms with van der Waals surface area (Å²) in [5, 5.41) is 8.70. The number of ketones is 1. The summed E-state index contributed by atoms with van der Waals surface area (Å²) in [7, 11) is 3.04. The molecule has 1 atom stereocenters. The number of hydrogen-bond donors (Lipinski definition) is 0. The van der Waals surface area contributed by atoms with E-state index < -0.39 is 0 Å². The minimum absolute atomic E-state index is 0.116. The Bertz CT molecular complexity index is 448. The zero-order valence-corrected chi connectivity index (χ0v) is 10.2. The lowest BCUT2D eigenvalue weighted by molar-refractivity contribution is 0.0969. The van der Waals surface area contributed by atoms with Crippen molar-refractivity contribution in [2.75, 3.05) is 14.2 Å². The predicted octanol–water partition coefficient (Wildman–Crippen LogP) is 2.44. The molecule has 1 unspecified atom stereocenters. The molecule has 0 fully saturated rings. The average Bonchev–Trinajstić information content (AvgIpc) is 2.37. The Morgan fingerprint density at radius 1 is 1.41 bits per heavy atom. The van der Waals surface area contributed by atoms with E-state index in [1.807, 2.05) is 6.07 Å². The smallest absolute Gasteiger partial charge is 0.168 e. The van der Waals surface area contributed by atoms with Gasteiger partial charge < -0.3 is 9.47 Å². The third kappa shape index (κ3) is 3.22. The molecule has 0 aliphatic rings. The van der Waals surface area contributed by atoms with Crippen molar-refractivity contribution in [1.82, 2.24) is 0 Å². The highest BCUT2D eigenvalue weighted by atomic mass is 16.5. The van der Waals surface area contributed by atoms with E-state index in [2.05, 4.69) is 0 Å². The number of carbonyl (C=O) groups excluding carboxylic acids is 1. The molecule has 0 radical (unpaired) electrons. The van der Waals surface area contributed by atoms with Gasteiger partial charge in [-0.05, 0) is 25.1 Å². The van der Waals surface area contributed by atoms with Crippen LogP contribution in [0.5, 0.6) is 11.5 Å². The Balaban J connectivity index is 3.02. The van der Waals surface area contributed by atoms with E-state index in [1.54, 1.807) is 25.1 Å². The van der Waals surface area contributed by atoms with Crippen LogP contribution in [0.25, 0.3) is 0 Å². The van der Waals surface area contributed by atoms with Crippen molar-refractivity contribution in [2.45, 2.75) is 13.3 Å². The fourth-order valence-electron chi connectivity index (χ4n) is 1.47. The van der Waals surface area contributed by atoms with Crippen LogP contribution in [0.1, 0.15) is 23.7 Å². The molecule has 0 bridgehead atoms. The van der Waals surface area contributed by atoms with E-state index in [4.69, 9.17) is 14.7 Å². The molecule has 90 valence electrons. The molecule has 0 heterocycles. The molecule has 1 rings (SSSR count). The van der Waals surface area contributed by atoms with Crippen LogP contribution in [-0.4, -0.2) is 20.0 Å². The van der Waals surface area contributed by atoms with Gasteiger partial charge in [0, 0.05) is 6.42 Å². The largest absolute Gasteiger partial charge is 0.497 e. The first kappa shape index (κ1) is 13.0. The number of rotatable bonds is 5. The van der Waals surface area contributed by atoms with Gasteiger partial charge in [0.05, 0.1) is 31.8 Å². The van der Waals surface area contributed by atoms with E-state index in [-0.39, 0.29) is 18.1 Å². The van der Waals surface area contributed by atoms with Crippen molar-refractivity contribution in [3.8, 4) is 17.6 Å². The molecule has 4 nitrogen and oxygen atoms in total. The first-order valence-electron chi connectivity index (χ1n) is 5.27. The van der Waals surface area contributed by atoms with Gasteiger partial charge in [0.2, 0.25) is 0 Å². The number of nitrogens with zero attached hydrogens (tertiary/aromatic N) is 1. The second-order valence-electron chi connectivity index (χ2n) is 3.72. The summed E-state index contributed by atoms with van der Waals surface area (Å²) in [6.45, 7) is 1.71. The van der Waals surface area contributed by atoms with Crippen molar-refractivity contribution >= 4 is 5.78 Å². The van der Waals surface area contributed by atoms with Gasteiger partial charge >= 0.3 is 0 Å². The normalized spacial score (nSPS) is 11.4. The van der Waals surface area contributed by atoms with Crippen molar-refractivity contribution in [3.63, 3.8) is 0 Å². The fraction of sp³-hybridized carbons (Fsp3) is 0.385. The lowest BCUT2D eigenvalue weighted by Gasteiger charge is -2.10. The monoisotopic (exact) mass is 233 g/mol. The first-order valence-corrected chi connectivity index (χ1v) is 5.27. The van der Waals surface area contributed by atoms with Gasteiger partial charge in [0.15, 0.2) is 5.78 Å². The summed E-state index contributed by atoms with van der Waals surface area (Å²) >= 11 is 0. The SMILES string of the molecule is COc1ccc(OC)c(C(=O)CC(C)C#N)c1. The number of nitriles is 1. The molecule has 0 aromatic heterocycles. The molecule has 1 aromatic carbocycles. The molecule has 0 aliphatic carbocycles. The fourth-order valence-corrected chi connectivity index (χ4v) is 1.47. The highest BCUT2D eigenvalue weighted by molar-refractivity contribution is 5.99. The molecule has 0 spiro atoms. The zero-order valence-electron chi connectivity index (χ0n) is 10.2. The van der Waals surface area contributed by atoms with Gasteiger partial charge in [-0.15, -0.1) is 0 Å². The van der Waals surface area contributed by atoms with E-state index in [9.17, 15) is 4.79 Å². The molecule has 0 N–H and O–H groups in total. The number of Topliss-reactive ketones (excluding diaryl/α,β-unsaturated/α-hetero) is 1. The minimum atomic E-state index is -0.307. The third-order valence-electron chi connectivity index (χ3n) is 2.42. The molecule has 0 saturated heterocycles. The molecule has 0 aliphatic heterocycles. The van der Waals surface area contributed by atoms with Gasteiger partial charge in [-0.3, -0.25) is 4.79 Å². The van der Waals surface area contributed by atoms with Crippen LogP contribution in [0.2, 0.25) is 0 Å². The first-order chi connectivity index (χ1) is 8.12. The summed E-state index contributed by atoms with van der Waals surface area (Å²) in [5.41, 5.74) is 0.453. The van der Waals surface area contributed by atoms with Gasteiger partial charge in [-0.25, -0.2) is 0 Å². The maximum absolute atomic E-state index is 12.0. The van der Waals surface area contributed by atoms with Crippen molar-refractivity contribution < 1.29 is 14.3 Å². The van der Waals surface area contributed by atoms with Gasteiger partial charge in [-0.2, -0.15) is 5.26 Å². The summed E-state index contributed by atoms with van der Waals surface area (Å²) in [4.78, 5) is 12.0. The second-order valence-corrected chi connectivity index (χ2v) is 3.72. The van der Waals surface area contributed by atoms with Gasteiger partial charge in [0.1, 0.15) is 11.5 Å². The number of carbonyl (C=O) groups is 1. The highest BCUT2D eigenvalue weighted by Crippen LogP contribution is 2.26. The standard InChI is InChI=1S/C13H15NO3/c1-9(8-14)6-12(15)11-7-10(16-2)4-5-13(11)17-3/h4-5,7,9H,6H2,1-3H3. The van der Waals surface area contributed by atoms with Crippen molar-refractivity contribution in [1.29, 1.82) is 5.26 Å². The lowest BCUT2D eigenvalue weighted by Crippen LogP contribution is -2.06. The molecule has 17 heavy (non-hydrogen) atoms. The quantitative estimate of drug-likeness (QED) is 0.733. The van der Waals surface area contributed by atoms with Crippen molar-refractivity contribution in [3.05, 3.63) is 23.8 Å². The summed E-state index contributed by atoms with van der Waals surface area (Å²) in [5.74, 6) is 0.674. The molecule has 0 amide bonds. The molecular formula is C13H15NO3. The summed E-state index contributed by atoms with van der Waals surface area (Å²) < 4.78 is 10.2. The lowest BCUT2D eigenvalue weighted by atomic mass is 10.00. The molecular weight excluding hydrogens is 218 g/mol. The topological polar surface area (TPSA) is 59.3 Å². The number of hydrogen-bond acceptors (Lipinski definition) is 4. The van der Waals surface area contributed by atoms with Gasteiger partial charge in [-0.1, -0.05) is 0 Å². The van der Waals surface area contributed by atoms with E-state index in [0.29, 0.717) is 17.1 Å². The summed E-state index contributed by atoms with van der Waals surface area (Å²) in [6.07, 6.45) is 0.181. The maximum atomic E-state index is 12.0. The highest BCUT2D eigenvalue weighted by Gasteiger charge is 2.16. The maximum Gasteiger partial charge on any atom is 0.168 e. The van der Waals surface area contributed by atoms with Crippen LogP contribution in [-0.2, 0) is 0 Å². The predicted molar refractivity (Wildman–Crippen MR) is 63.3 cm³/mol. The molecule has 4 heteroatoms. The number of benzene rings is 1. The number of ether oxygens (including phenoxy) is 2. The Kier molecular flexibility index (Phi) is 4.53. The average molecular weight is 233 g/mol. The Hall–Kier alpha value is -2.02. The third-order valence-corrected chi connectivity index (χ3v) is 2.42. The Morgan fingerprint density at radius 3 is 2.65 bits per heavy atom. The Labute approximate surface area is 101 Å². The van der Waals surface area contributed by atoms with Gasteiger partial charge in [0.25, 0.3) is 0 Å². The van der Waals surface area contributed by atoms with Crippen LogP contribution in [0, 0.1) is 17.2 Å². The Morgan fingerprint density at radius 2 is 2.12 bits per heavy atom. The van der Waals surface area contributed by atoms with E-state index in [1.165, 1.54) is 14.2 Å². The van der Waals surface area contributed by atoms with Crippen LogP contribution in [0.4, 0.5) is 0 Å². The van der Waals surface area contributed by atoms with Crippen LogP contribution in [0.15, 0.2) is 18.2 Å². The summed E-state index contributed by atoms with van der Waals surface area (Å²) in [6, 6.07) is 7.08. The van der Waals surface area contributed by atoms with Crippen LogP contribution < -0.4 is 9.47 Å². The van der Waals surface area contributed by atoms with Crippen LogP contribution in [0.3, 0.4) is 0 Å². The minimum Gasteiger partial charge on any atom is -0.497 e. The molecule has 1 aromatic rings. The van der Waals surface area contributed by atoms with Crippen molar-refractivity contribution in [2.24, 2.45) is 5.92 Å². The zero-order chi connectivity index (χ0) is 12.8. The molecule has 0 saturated carbocycles. The number of methoxy groups -OCH3 is 2. The van der Waals surface area contributed by atoms with Crippen LogP contribution >= 0.6 is 0 Å². The second kappa shape index (κ2) is 5.90. The van der Waals surface area contributed by atoms with E-state index >= 15 is 0 Å². The van der Waals surface area contributed by atoms with E-state index in [0.717, 1.165) is 0 Å².